The Labute approximate surface area is 168 Å². The standard InChI is InChI=1S/C23H29N5/c1-8-24-18(17(2)3)12-14-28-23(6,7)21-16-26-20(15-27-21)22(4,5)19-11-9-10-13-25-19/h1,9-17,28H,2-7H3/b14-12-,24-18+. The number of pyridine rings is 1. The van der Waals surface area contributed by atoms with Gasteiger partial charge in [-0.1, -0.05) is 26.3 Å². The number of hydrogen-bond donors (Lipinski definition) is 1. The maximum atomic E-state index is 5.29. The molecule has 2 aromatic heterocycles. The molecule has 0 amide bonds. The average Bonchev–Trinajstić information content (AvgIpc) is 2.68. The predicted octanol–water partition coefficient (Wildman–Crippen LogP) is 4.22. The van der Waals surface area contributed by atoms with Gasteiger partial charge in [0.15, 0.2) is 0 Å². The lowest BCUT2D eigenvalue weighted by atomic mass is 9.85. The molecule has 2 aromatic rings. The molecule has 0 saturated carbocycles. The number of nitrogens with zero attached hydrogens (tertiary/aromatic N) is 4. The summed E-state index contributed by atoms with van der Waals surface area (Å²) in [5, 5.41) is 3.36. The summed E-state index contributed by atoms with van der Waals surface area (Å²) in [6.07, 6.45) is 14.5. The zero-order valence-corrected chi connectivity index (χ0v) is 17.6. The molecule has 0 unspecified atom stereocenters. The maximum Gasteiger partial charge on any atom is 0.0834 e. The van der Waals surface area contributed by atoms with E-state index in [9.17, 15) is 0 Å². The summed E-state index contributed by atoms with van der Waals surface area (Å²) in [6.45, 7) is 12.4. The molecule has 0 radical (unpaired) electrons. The van der Waals surface area contributed by atoms with Crippen molar-refractivity contribution in [1.82, 2.24) is 20.3 Å². The molecule has 1 N–H and O–H groups in total. The van der Waals surface area contributed by atoms with Gasteiger partial charge in [0.2, 0.25) is 0 Å². The van der Waals surface area contributed by atoms with Crippen LogP contribution in [0.3, 0.4) is 0 Å². The van der Waals surface area contributed by atoms with Crippen molar-refractivity contribution in [3.8, 4) is 12.5 Å². The van der Waals surface area contributed by atoms with Crippen LogP contribution >= 0.6 is 0 Å². The van der Waals surface area contributed by atoms with Crippen molar-refractivity contribution in [2.75, 3.05) is 0 Å². The molecule has 0 atom stereocenters. The molecule has 0 aliphatic carbocycles. The highest BCUT2D eigenvalue weighted by Crippen LogP contribution is 2.28. The summed E-state index contributed by atoms with van der Waals surface area (Å²) in [5.41, 5.74) is 2.83. The highest BCUT2D eigenvalue weighted by atomic mass is 15.0. The summed E-state index contributed by atoms with van der Waals surface area (Å²) in [6, 6.07) is 8.25. The van der Waals surface area contributed by atoms with Gasteiger partial charge >= 0.3 is 0 Å². The van der Waals surface area contributed by atoms with Crippen molar-refractivity contribution in [1.29, 1.82) is 0 Å². The Balaban J connectivity index is 2.18. The van der Waals surface area contributed by atoms with Gasteiger partial charge in [0.1, 0.15) is 0 Å². The molecule has 2 heterocycles. The lowest BCUT2D eigenvalue weighted by Gasteiger charge is -2.27. The van der Waals surface area contributed by atoms with Gasteiger partial charge < -0.3 is 5.32 Å². The van der Waals surface area contributed by atoms with Crippen LogP contribution in [0.15, 0.2) is 54.1 Å². The minimum atomic E-state index is -0.393. The molecule has 0 aromatic carbocycles. The summed E-state index contributed by atoms with van der Waals surface area (Å²) < 4.78 is 0. The molecular formula is C23H29N5. The normalized spacial score (nSPS) is 13.0. The van der Waals surface area contributed by atoms with E-state index in [2.05, 4.69) is 72.8 Å². The van der Waals surface area contributed by atoms with Crippen LogP contribution in [0.4, 0.5) is 0 Å². The van der Waals surface area contributed by atoms with Crippen LogP contribution in [-0.2, 0) is 11.0 Å². The molecule has 0 aliphatic heterocycles. The summed E-state index contributed by atoms with van der Waals surface area (Å²) in [7, 11) is 0. The van der Waals surface area contributed by atoms with E-state index in [4.69, 9.17) is 6.42 Å². The van der Waals surface area contributed by atoms with Crippen LogP contribution in [-0.4, -0.2) is 20.7 Å². The van der Waals surface area contributed by atoms with E-state index in [-0.39, 0.29) is 11.3 Å². The molecule has 0 fully saturated rings. The smallest absolute Gasteiger partial charge is 0.0834 e. The second-order valence-electron chi connectivity index (χ2n) is 8.05. The molecule has 0 bridgehead atoms. The van der Waals surface area contributed by atoms with Crippen molar-refractivity contribution in [2.45, 2.75) is 52.5 Å². The quantitative estimate of drug-likeness (QED) is 0.581. The van der Waals surface area contributed by atoms with E-state index in [1.807, 2.05) is 42.9 Å². The summed E-state index contributed by atoms with van der Waals surface area (Å²) >= 11 is 0. The van der Waals surface area contributed by atoms with Crippen molar-refractivity contribution >= 4 is 5.71 Å². The average molecular weight is 376 g/mol. The zero-order valence-electron chi connectivity index (χ0n) is 17.6. The van der Waals surface area contributed by atoms with Crippen LogP contribution in [0.1, 0.15) is 58.6 Å². The molecule has 5 nitrogen and oxygen atoms in total. The Morgan fingerprint density at radius 1 is 1.07 bits per heavy atom. The van der Waals surface area contributed by atoms with E-state index in [0.29, 0.717) is 0 Å². The fourth-order valence-electron chi connectivity index (χ4n) is 2.68. The maximum absolute atomic E-state index is 5.29. The SMILES string of the molecule is C#C/N=C(\C=C/NC(C)(C)c1cnc(C(C)(C)c2ccccn2)cn1)C(C)C. The van der Waals surface area contributed by atoms with Crippen molar-refractivity contribution < 1.29 is 0 Å². The Morgan fingerprint density at radius 3 is 2.29 bits per heavy atom. The third kappa shape index (κ3) is 5.04. The van der Waals surface area contributed by atoms with Gasteiger partial charge in [0.25, 0.3) is 0 Å². The van der Waals surface area contributed by atoms with Crippen molar-refractivity contribution in [3.05, 3.63) is 66.1 Å². The lowest BCUT2D eigenvalue weighted by Crippen LogP contribution is -2.34. The number of rotatable bonds is 7. The van der Waals surface area contributed by atoms with Gasteiger partial charge in [-0.05, 0) is 58.0 Å². The summed E-state index contributed by atoms with van der Waals surface area (Å²) in [4.78, 5) is 17.9. The number of nitrogens with one attached hydrogen (secondary N) is 1. The van der Waals surface area contributed by atoms with Crippen LogP contribution in [0.5, 0.6) is 0 Å². The highest BCUT2D eigenvalue weighted by Gasteiger charge is 2.28. The van der Waals surface area contributed by atoms with E-state index in [1.54, 1.807) is 6.20 Å². The van der Waals surface area contributed by atoms with Crippen molar-refractivity contribution in [3.63, 3.8) is 0 Å². The van der Waals surface area contributed by atoms with Gasteiger partial charge in [-0.25, -0.2) is 4.99 Å². The third-order valence-electron chi connectivity index (χ3n) is 4.72. The molecule has 0 aliphatic rings. The molecule has 5 heteroatoms. The Morgan fingerprint density at radius 2 is 1.75 bits per heavy atom. The monoisotopic (exact) mass is 375 g/mol. The minimum Gasteiger partial charge on any atom is -0.380 e. The van der Waals surface area contributed by atoms with E-state index >= 15 is 0 Å². The van der Waals surface area contributed by atoms with Gasteiger partial charge in [-0.2, -0.15) is 0 Å². The predicted molar refractivity (Wildman–Crippen MR) is 115 cm³/mol. The van der Waals surface area contributed by atoms with Crippen LogP contribution < -0.4 is 5.32 Å². The van der Waals surface area contributed by atoms with Gasteiger partial charge in [-0.15, -0.1) is 0 Å². The Kier molecular flexibility index (Phi) is 6.69. The number of terminal acetylenes is 1. The first-order chi connectivity index (χ1) is 13.2. The second-order valence-corrected chi connectivity index (χ2v) is 8.05. The lowest BCUT2D eigenvalue weighted by molar-refractivity contribution is 0.447. The molecule has 0 spiro atoms. The van der Waals surface area contributed by atoms with E-state index < -0.39 is 5.54 Å². The first-order valence-electron chi connectivity index (χ1n) is 9.40. The first-order valence-corrected chi connectivity index (χ1v) is 9.40. The molecule has 146 valence electrons. The van der Waals surface area contributed by atoms with Crippen LogP contribution in [0.25, 0.3) is 0 Å². The Hall–Kier alpha value is -3.00. The number of aliphatic imine (C=N–C) groups is 1. The fraction of sp³-hybridized carbons (Fsp3) is 0.391. The largest absolute Gasteiger partial charge is 0.380 e. The first kappa shape index (κ1) is 21.3. The zero-order chi connectivity index (χ0) is 20.8. The number of hydrogen-bond acceptors (Lipinski definition) is 5. The van der Waals surface area contributed by atoms with Gasteiger partial charge in [-0.3, -0.25) is 15.0 Å². The van der Waals surface area contributed by atoms with Crippen LogP contribution in [0, 0.1) is 18.4 Å². The molecule has 2 rings (SSSR count). The van der Waals surface area contributed by atoms with Gasteiger partial charge in [0, 0.05) is 18.4 Å². The number of allylic oxidation sites excluding steroid dienone is 1. The van der Waals surface area contributed by atoms with Crippen molar-refractivity contribution in [2.24, 2.45) is 10.9 Å². The summed E-state index contributed by atoms with van der Waals surface area (Å²) in [5.74, 6) is 0.255. The Bertz CT molecular complexity index is 869. The molecular weight excluding hydrogens is 346 g/mol. The number of aromatic nitrogens is 3. The highest BCUT2D eigenvalue weighted by molar-refractivity contribution is 5.96. The van der Waals surface area contributed by atoms with E-state index in [1.165, 1.54) is 0 Å². The van der Waals surface area contributed by atoms with Crippen LogP contribution in [0.2, 0.25) is 0 Å². The minimum absolute atomic E-state index is 0.255. The van der Waals surface area contributed by atoms with Gasteiger partial charge in [0.05, 0.1) is 39.9 Å². The molecule has 28 heavy (non-hydrogen) atoms. The van der Waals surface area contributed by atoms with E-state index in [0.717, 1.165) is 22.8 Å². The topological polar surface area (TPSA) is 63.1 Å². The third-order valence-corrected chi connectivity index (χ3v) is 4.72. The second kappa shape index (κ2) is 8.79. The molecule has 0 saturated heterocycles. The fourth-order valence-corrected chi connectivity index (χ4v) is 2.68.